The van der Waals surface area contributed by atoms with Crippen LogP contribution in [-0.2, 0) is 16.4 Å². The average Bonchev–Trinajstić information content (AvgIpc) is 3.16. The molecule has 4 rings (SSSR count). The summed E-state index contributed by atoms with van der Waals surface area (Å²) >= 11 is 0. The third-order valence-electron chi connectivity index (χ3n) is 5.63. The minimum atomic E-state index is -4.77. The minimum absolute atomic E-state index is 0.0810. The Bertz CT molecular complexity index is 1530. The molecule has 1 atom stereocenters. The van der Waals surface area contributed by atoms with Crippen LogP contribution in [0.5, 0.6) is 0 Å². The summed E-state index contributed by atoms with van der Waals surface area (Å²) in [5.41, 5.74) is 1.35. The Balaban J connectivity index is 1.88. The van der Waals surface area contributed by atoms with Gasteiger partial charge in [0, 0.05) is 17.8 Å². The molecule has 0 fully saturated rings. The SMILES string of the molecule is CCc1cc2c(cc1F)c(C#N)c(-c1ccc(S(=O)(=O)NC(C)C(F)(F)F)cn1)n2C1=NCC=CN1. The molecular weight excluding hydrogens is 500 g/mol. The van der Waals surface area contributed by atoms with E-state index in [1.807, 2.05) is 0 Å². The predicted octanol–water partition coefficient (Wildman–Crippen LogP) is 3.83. The molecule has 188 valence electrons. The number of halogens is 4. The fourth-order valence-corrected chi connectivity index (χ4v) is 4.92. The van der Waals surface area contributed by atoms with Crippen molar-refractivity contribution in [2.45, 2.75) is 37.4 Å². The van der Waals surface area contributed by atoms with Crippen LogP contribution in [0.3, 0.4) is 0 Å². The summed E-state index contributed by atoms with van der Waals surface area (Å²) < 4.78 is 81.2. The average molecular weight is 521 g/mol. The van der Waals surface area contributed by atoms with Crippen molar-refractivity contribution in [3.63, 3.8) is 0 Å². The molecule has 1 aromatic carbocycles. The van der Waals surface area contributed by atoms with Crippen molar-refractivity contribution in [1.29, 1.82) is 5.26 Å². The molecule has 2 aromatic heterocycles. The summed E-state index contributed by atoms with van der Waals surface area (Å²) in [6, 6.07) is 4.99. The zero-order chi connectivity index (χ0) is 26.3. The van der Waals surface area contributed by atoms with E-state index in [1.165, 1.54) is 12.1 Å². The number of nitrogens with zero attached hydrogens (tertiary/aromatic N) is 4. The molecule has 0 aliphatic carbocycles. The summed E-state index contributed by atoms with van der Waals surface area (Å²) in [6.45, 7) is 2.82. The Morgan fingerprint density at radius 1 is 1.31 bits per heavy atom. The smallest absolute Gasteiger partial charge is 0.332 e. The van der Waals surface area contributed by atoms with E-state index in [0.29, 0.717) is 42.3 Å². The Morgan fingerprint density at radius 3 is 2.61 bits per heavy atom. The minimum Gasteiger partial charge on any atom is -0.332 e. The van der Waals surface area contributed by atoms with Crippen molar-refractivity contribution in [2.75, 3.05) is 6.54 Å². The fraction of sp³-hybridized carbons (Fsp3) is 0.261. The second kappa shape index (κ2) is 9.36. The molecule has 36 heavy (non-hydrogen) atoms. The third-order valence-corrected chi connectivity index (χ3v) is 7.15. The quantitative estimate of drug-likeness (QED) is 0.497. The fourth-order valence-electron chi connectivity index (χ4n) is 3.75. The van der Waals surface area contributed by atoms with Gasteiger partial charge in [0.25, 0.3) is 0 Å². The van der Waals surface area contributed by atoms with Crippen LogP contribution in [-0.4, -0.2) is 42.7 Å². The highest BCUT2D eigenvalue weighted by Gasteiger charge is 2.39. The lowest BCUT2D eigenvalue weighted by Crippen LogP contribution is -2.42. The van der Waals surface area contributed by atoms with E-state index in [4.69, 9.17) is 0 Å². The van der Waals surface area contributed by atoms with E-state index in [9.17, 15) is 31.2 Å². The summed E-state index contributed by atoms with van der Waals surface area (Å²) in [5.74, 6) is -0.144. The first-order chi connectivity index (χ1) is 17.0. The number of benzene rings is 1. The molecule has 3 heterocycles. The Morgan fingerprint density at radius 2 is 2.06 bits per heavy atom. The highest BCUT2D eigenvalue weighted by molar-refractivity contribution is 7.89. The van der Waals surface area contributed by atoms with Crippen molar-refractivity contribution < 1.29 is 26.0 Å². The highest BCUT2D eigenvalue weighted by Crippen LogP contribution is 2.34. The third kappa shape index (κ3) is 4.57. The molecule has 3 aromatic rings. The lowest BCUT2D eigenvalue weighted by Gasteiger charge is -2.17. The molecular formula is C23H20F4N6O2S. The number of rotatable bonds is 5. The van der Waals surface area contributed by atoms with Gasteiger partial charge in [-0.05, 0) is 49.2 Å². The van der Waals surface area contributed by atoms with Gasteiger partial charge in [-0.3, -0.25) is 9.55 Å². The number of nitriles is 1. The molecule has 0 radical (unpaired) electrons. The number of nitrogens with one attached hydrogen (secondary N) is 2. The van der Waals surface area contributed by atoms with E-state index < -0.39 is 33.0 Å². The number of hydrogen-bond acceptors (Lipinski definition) is 6. The molecule has 0 saturated heterocycles. The van der Waals surface area contributed by atoms with Gasteiger partial charge in [0.2, 0.25) is 16.0 Å². The number of alkyl halides is 3. The molecule has 0 saturated carbocycles. The van der Waals surface area contributed by atoms with E-state index >= 15 is 0 Å². The molecule has 0 amide bonds. The maximum Gasteiger partial charge on any atom is 0.404 e. The molecule has 2 N–H and O–H groups in total. The maximum absolute atomic E-state index is 14.6. The lowest BCUT2D eigenvalue weighted by atomic mass is 10.1. The number of hydrogen-bond donors (Lipinski definition) is 2. The molecule has 0 spiro atoms. The second-order valence-corrected chi connectivity index (χ2v) is 9.67. The topological polar surface area (TPSA) is 112 Å². The molecule has 8 nitrogen and oxygen atoms in total. The van der Waals surface area contributed by atoms with Crippen LogP contribution in [0, 0.1) is 17.1 Å². The predicted molar refractivity (Wildman–Crippen MR) is 125 cm³/mol. The molecule has 1 aliphatic heterocycles. The van der Waals surface area contributed by atoms with Crippen LogP contribution in [0.25, 0.3) is 22.3 Å². The van der Waals surface area contributed by atoms with Gasteiger partial charge in [-0.2, -0.15) is 23.2 Å². The van der Waals surface area contributed by atoms with Gasteiger partial charge in [0.15, 0.2) is 0 Å². The monoisotopic (exact) mass is 520 g/mol. The standard InChI is InChI=1S/C23H20F4N6O2S/c1-3-14-9-20-16(10-18(14)24)17(11-28)21(33(20)22-29-7-4-8-30-22)19-6-5-15(12-31-19)36(34,35)32-13(2)23(25,26)27/h4-7,9-10,12-13,32H,3,8H2,1-2H3,(H,29,30). The number of pyridine rings is 1. The van der Waals surface area contributed by atoms with Gasteiger partial charge < -0.3 is 5.32 Å². The van der Waals surface area contributed by atoms with Gasteiger partial charge >= 0.3 is 6.18 Å². The number of aryl methyl sites for hydroxylation is 1. The number of aliphatic imine (C=N–C) groups is 1. The van der Waals surface area contributed by atoms with Crippen LogP contribution < -0.4 is 10.0 Å². The van der Waals surface area contributed by atoms with E-state index in [1.54, 1.807) is 34.6 Å². The van der Waals surface area contributed by atoms with Crippen molar-refractivity contribution in [2.24, 2.45) is 4.99 Å². The molecule has 13 heteroatoms. The summed E-state index contributed by atoms with van der Waals surface area (Å²) in [5, 5.41) is 13.3. The first kappa shape index (κ1) is 25.3. The summed E-state index contributed by atoms with van der Waals surface area (Å²) in [4.78, 5) is 8.07. The van der Waals surface area contributed by atoms with E-state index in [0.717, 1.165) is 12.3 Å². The Hall–Kier alpha value is -3.76. The second-order valence-electron chi connectivity index (χ2n) is 7.96. The van der Waals surface area contributed by atoms with E-state index in [2.05, 4.69) is 21.4 Å². The van der Waals surface area contributed by atoms with Crippen LogP contribution in [0.1, 0.15) is 25.0 Å². The molecule has 0 bridgehead atoms. The molecule has 1 aliphatic rings. The van der Waals surface area contributed by atoms with Gasteiger partial charge in [-0.25, -0.2) is 17.8 Å². The Labute approximate surface area is 204 Å². The summed E-state index contributed by atoms with van der Waals surface area (Å²) in [6.07, 6.45) is -0.0388. The first-order valence-corrected chi connectivity index (χ1v) is 12.2. The van der Waals surface area contributed by atoms with Crippen LogP contribution >= 0.6 is 0 Å². The zero-order valence-electron chi connectivity index (χ0n) is 19.1. The van der Waals surface area contributed by atoms with Gasteiger partial charge in [-0.15, -0.1) is 0 Å². The maximum atomic E-state index is 14.6. The van der Waals surface area contributed by atoms with Gasteiger partial charge in [0.1, 0.15) is 22.8 Å². The first-order valence-electron chi connectivity index (χ1n) is 10.8. The Kier molecular flexibility index (Phi) is 6.59. The largest absolute Gasteiger partial charge is 0.404 e. The van der Waals surface area contributed by atoms with Crippen LogP contribution in [0.15, 0.2) is 52.6 Å². The van der Waals surface area contributed by atoms with Crippen molar-refractivity contribution in [3.05, 3.63) is 59.7 Å². The van der Waals surface area contributed by atoms with Crippen molar-refractivity contribution in [1.82, 2.24) is 19.6 Å². The zero-order valence-corrected chi connectivity index (χ0v) is 19.9. The normalized spacial score (nSPS) is 14.9. The lowest BCUT2D eigenvalue weighted by molar-refractivity contribution is -0.147. The number of fused-ring (bicyclic) bond motifs is 1. The van der Waals surface area contributed by atoms with Crippen molar-refractivity contribution in [3.8, 4) is 17.5 Å². The van der Waals surface area contributed by atoms with Crippen molar-refractivity contribution >= 4 is 26.9 Å². The summed E-state index contributed by atoms with van der Waals surface area (Å²) in [7, 11) is -4.53. The van der Waals surface area contributed by atoms with Crippen LogP contribution in [0.2, 0.25) is 0 Å². The number of sulfonamides is 1. The van der Waals surface area contributed by atoms with E-state index in [-0.39, 0.29) is 17.0 Å². The molecule has 1 unspecified atom stereocenters. The van der Waals surface area contributed by atoms with Gasteiger partial charge in [0.05, 0.1) is 29.0 Å². The highest BCUT2D eigenvalue weighted by atomic mass is 32.2. The van der Waals surface area contributed by atoms with Gasteiger partial charge in [-0.1, -0.05) is 6.92 Å². The number of aromatic nitrogens is 2. The van der Waals surface area contributed by atoms with Crippen LogP contribution in [0.4, 0.5) is 17.6 Å².